The fourth-order valence-electron chi connectivity index (χ4n) is 2.31. The highest BCUT2D eigenvalue weighted by atomic mass is 15.3. The number of hydrogen-bond acceptors (Lipinski definition) is 1. The Hall–Kier alpha value is -0.790. The van der Waals surface area contributed by atoms with Crippen molar-refractivity contribution in [2.24, 2.45) is 5.92 Å². The maximum absolute atomic E-state index is 4.31. The zero-order valence-corrected chi connectivity index (χ0v) is 8.32. The minimum Gasteiger partial charge on any atom is -0.270 e. The Labute approximate surface area is 80.0 Å². The van der Waals surface area contributed by atoms with Gasteiger partial charge in [-0.25, -0.2) is 0 Å². The van der Waals surface area contributed by atoms with Crippen LogP contribution in [0, 0.1) is 5.92 Å². The Kier molecular flexibility index (Phi) is 2.67. The first-order valence-electron chi connectivity index (χ1n) is 5.39. The molecule has 1 saturated carbocycles. The van der Waals surface area contributed by atoms with Gasteiger partial charge in [-0.15, -0.1) is 0 Å². The lowest BCUT2D eigenvalue weighted by Gasteiger charge is -2.27. The molecular weight excluding hydrogens is 160 g/mol. The molecule has 2 heteroatoms. The third kappa shape index (κ3) is 1.93. The second-order valence-corrected chi connectivity index (χ2v) is 4.07. The largest absolute Gasteiger partial charge is 0.270 e. The highest BCUT2D eigenvalue weighted by Gasteiger charge is 2.20. The van der Waals surface area contributed by atoms with Crippen LogP contribution in [0.15, 0.2) is 18.5 Å². The van der Waals surface area contributed by atoms with E-state index < -0.39 is 0 Å². The van der Waals surface area contributed by atoms with Crippen molar-refractivity contribution >= 4 is 0 Å². The maximum Gasteiger partial charge on any atom is 0.0519 e. The first kappa shape index (κ1) is 8.79. The highest BCUT2D eigenvalue weighted by molar-refractivity contribution is 4.84. The zero-order valence-electron chi connectivity index (χ0n) is 8.32. The van der Waals surface area contributed by atoms with Crippen molar-refractivity contribution in [3.63, 3.8) is 0 Å². The molecule has 1 aliphatic carbocycles. The van der Waals surface area contributed by atoms with Gasteiger partial charge in [-0.05, 0) is 37.7 Å². The summed E-state index contributed by atoms with van der Waals surface area (Å²) in [4.78, 5) is 0. The van der Waals surface area contributed by atoms with E-state index in [4.69, 9.17) is 0 Å². The summed E-state index contributed by atoms with van der Waals surface area (Å²) in [5, 5.41) is 4.31. The van der Waals surface area contributed by atoms with Gasteiger partial charge in [0.25, 0.3) is 0 Å². The van der Waals surface area contributed by atoms with E-state index in [2.05, 4.69) is 22.9 Å². The van der Waals surface area contributed by atoms with Gasteiger partial charge in [-0.1, -0.05) is 13.3 Å². The van der Waals surface area contributed by atoms with E-state index in [0.717, 1.165) is 5.92 Å². The van der Waals surface area contributed by atoms with Gasteiger partial charge < -0.3 is 0 Å². The van der Waals surface area contributed by atoms with E-state index in [0.29, 0.717) is 6.04 Å². The van der Waals surface area contributed by atoms with Crippen molar-refractivity contribution in [1.82, 2.24) is 9.78 Å². The van der Waals surface area contributed by atoms with Crippen molar-refractivity contribution in [2.75, 3.05) is 0 Å². The fraction of sp³-hybridized carbons (Fsp3) is 0.727. The van der Waals surface area contributed by atoms with Crippen LogP contribution in [0.2, 0.25) is 0 Å². The van der Waals surface area contributed by atoms with Gasteiger partial charge in [-0.3, -0.25) is 4.68 Å². The molecule has 72 valence electrons. The second kappa shape index (κ2) is 3.95. The van der Waals surface area contributed by atoms with E-state index in [1.54, 1.807) is 0 Å². The van der Waals surface area contributed by atoms with Crippen LogP contribution in [0.4, 0.5) is 0 Å². The van der Waals surface area contributed by atoms with E-state index in [9.17, 15) is 0 Å². The van der Waals surface area contributed by atoms with Crippen LogP contribution in [0.3, 0.4) is 0 Å². The number of hydrogen-bond donors (Lipinski definition) is 0. The summed E-state index contributed by atoms with van der Waals surface area (Å²) in [5.74, 6) is 0.979. The summed E-state index contributed by atoms with van der Waals surface area (Å²) in [6.45, 7) is 2.30. The molecule has 0 aromatic carbocycles. The van der Waals surface area contributed by atoms with Crippen LogP contribution >= 0.6 is 0 Å². The molecule has 0 N–H and O–H groups in total. The molecule has 1 heterocycles. The Balaban J connectivity index is 1.92. The number of aromatic nitrogens is 2. The number of rotatable bonds is 2. The third-order valence-electron chi connectivity index (χ3n) is 3.29. The molecule has 0 bridgehead atoms. The van der Waals surface area contributed by atoms with Crippen molar-refractivity contribution in [1.29, 1.82) is 0 Å². The van der Waals surface area contributed by atoms with Gasteiger partial charge in [0, 0.05) is 12.4 Å². The molecular formula is C11H18N2. The molecule has 0 amide bonds. The molecule has 1 aromatic heterocycles. The zero-order chi connectivity index (χ0) is 9.10. The molecule has 2 nitrogen and oxygen atoms in total. The molecule has 0 atom stereocenters. The quantitative estimate of drug-likeness (QED) is 0.680. The molecule has 1 aromatic rings. The van der Waals surface area contributed by atoms with E-state index in [-0.39, 0.29) is 0 Å². The van der Waals surface area contributed by atoms with E-state index in [1.165, 1.54) is 32.1 Å². The average Bonchev–Trinajstić information content (AvgIpc) is 2.71. The van der Waals surface area contributed by atoms with Gasteiger partial charge in [0.15, 0.2) is 0 Å². The van der Waals surface area contributed by atoms with E-state index in [1.807, 2.05) is 12.3 Å². The Morgan fingerprint density at radius 3 is 2.62 bits per heavy atom. The van der Waals surface area contributed by atoms with Crippen molar-refractivity contribution in [3.05, 3.63) is 18.5 Å². The molecule has 0 unspecified atom stereocenters. The molecule has 0 saturated heterocycles. The minimum atomic E-state index is 0.679. The molecule has 0 radical (unpaired) electrons. The standard InChI is InChI=1S/C11H18N2/c1-2-10-4-6-11(7-5-10)13-9-3-8-12-13/h3,8-11H,2,4-7H2,1H3. The Bertz CT molecular complexity index is 233. The van der Waals surface area contributed by atoms with Gasteiger partial charge in [-0.2, -0.15) is 5.10 Å². The van der Waals surface area contributed by atoms with Gasteiger partial charge in [0.1, 0.15) is 0 Å². The van der Waals surface area contributed by atoms with Crippen LogP contribution in [0.5, 0.6) is 0 Å². The third-order valence-corrected chi connectivity index (χ3v) is 3.29. The summed E-state index contributed by atoms with van der Waals surface area (Å²) in [5.41, 5.74) is 0. The minimum absolute atomic E-state index is 0.679. The van der Waals surface area contributed by atoms with Gasteiger partial charge in [0.05, 0.1) is 6.04 Å². The van der Waals surface area contributed by atoms with Gasteiger partial charge in [0.2, 0.25) is 0 Å². The van der Waals surface area contributed by atoms with E-state index >= 15 is 0 Å². The SMILES string of the molecule is CCC1CCC(n2cccn2)CC1. The lowest BCUT2D eigenvalue weighted by atomic mass is 9.85. The summed E-state index contributed by atoms with van der Waals surface area (Å²) in [7, 11) is 0. The van der Waals surface area contributed by atoms with Crippen LogP contribution < -0.4 is 0 Å². The molecule has 1 aliphatic rings. The van der Waals surface area contributed by atoms with Gasteiger partial charge >= 0.3 is 0 Å². The summed E-state index contributed by atoms with van der Waals surface area (Å²) < 4.78 is 2.13. The molecule has 1 fully saturated rings. The lowest BCUT2D eigenvalue weighted by molar-refractivity contribution is 0.256. The molecule has 0 aliphatic heterocycles. The first-order chi connectivity index (χ1) is 6.40. The van der Waals surface area contributed by atoms with Crippen molar-refractivity contribution in [2.45, 2.75) is 45.1 Å². The highest BCUT2D eigenvalue weighted by Crippen LogP contribution is 2.32. The molecule has 0 spiro atoms. The predicted molar refractivity (Wildman–Crippen MR) is 53.5 cm³/mol. The molecule has 2 rings (SSSR count). The van der Waals surface area contributed by atoms with Crippen LogP contribution in [-0.4, -0.2) is 9.78 Å². The number of nitrogens with zero attached hydrogens (tertiary/aromatic N) is 2. The fourth-order valence-corrected chi connectivity index (χ4v) is 2.31. The smallest absolute Gasteiger partial charge is 0.0519 e. The Morgan fingerprint density at radius 2 is 2.08 bits per heavy atom. The van der Waals surface area contributed by atoms with Crippen molar-refractivity contribution < 1.29 is 0 Å². The average molecular weight is 178 g/mol. The molecule has 13 heavy (non-hydrogen) atoms. The Morgan fingerprint density at radius 1 is 1.31 bits per heavy atom. The van der Waals surface area contributed by atoms with Crippen molar-refractivity contribution in [3.8, 4) is 0 Å². The predicted octanol–water partition coefficient (Wildman–Crippen LogP) is 3.02. The normalized spacial score (nSPS) is 29.0. The topological polar surface area (TPSA) is 17.8 Å². The summed E-state index contributed by atoms with van der Waals surface area (Å²) in [6.07, 6.45) is 10.7. The first-order valence-corrected chi connectivity index (χ1v) is 5.39. The van der Waals surface area contributed by atoms with Crippen LogP contribution in [-0.2, 0) is 0 Å². The van der Waals surface area contributed by atoms with Crippen LogP contribution in [0.1, 0.15) is 45.1 Å². The second-order valence-electron chi connectivity index (χ2n) is 4.07. The maximum atomic E-state index is 4.31. The lowest BCUT2D eigenvalue weighted by Crippen LogP contribution is -2.18. The summed E-state index contributed by atoms with van der Waals surface area (Å²) >= 11 is 0. The monoisotopic (exact) mass is 178 g/mol. The summed E-state index contributed by atoms with van der Waals surface area (Å²) in [6, 6.07) is 2.70. The van der Waals surface area contributed by atoms with Crippen LogP contribution in [0.25, 0.3) is 0 Å².